The molecule has 1 atom stereocenters. The third-order valence-corrected chi connectivity index (χ3v) is 4.46. The van der Waals surface area contributed by atoms with Crippen molar-refractivity contribution < 1.29 is 9.21 Å². The van der Waals surface area contributed by atoms with Crippen LogP contribution in [-0.4, -0.2) is 28.0 Å². The van der Waals surface area contributed by atoms with Crippen molar-refractivity contribution in [1.29, 1.82) is 0 Å². The predicted octanol–water partition coefficient (Wildman–Crippen LogP) is 1.42. The molecule has 1 amide bonds. The first-order valence-electron chi connectivity index (χ1n) is 8.03. The monoisotopic (exact) mass is 362 g/mol. The van der Waals surface area contributed by atoms with Gasteiger partial charge in [0.1, 0.15) is 17.6 Å². The van der Waals surface area contributed by atoms with Crippen molar-refractivity contribution in [3.8, 4) is 0 Å². The number of para-hydroxylation sites is 1. The number of nitrogens with one attached hydrogen (secondary N) is 1. The lowest BCUT2D eigenvalue weighted by Gasteiger charge is -2.16. The second kappa shape index (κ2) is 6.85. The molecule has 0 radical (unpaired) electrons. The van der Waals surface area contributed by atoms with Gasteiger partial charge < -0.3 is 15.5 Å². The number of furan rings is 1. The first-order valence-corrected chi connectivity index (χ1v) is 8.03. The number of hydrogen-bond donors (Lipinski definition) is 2. The predicted molar refractivity (Wildman–Crippen MR) is 96.7 cm³/mol. The number of nitrogens with zero attached hydrogens (tertiary/aromatic N) is 2. The van der Waals surface area contributed by atoms with Gasteiger partial charge in [-0.1, -0.05) is 12.1 Å². The molecule has 2 aromatic heterocycles. The highest BCUT2D eigenvalue weighted by atomic mass is 35.5. The van der Waals surface area contributed by atoms with E-state index < -0.39 is 0 Å². The van der Waals surface area contributed by atoms with Gasteiger partial charge in [-0.25, -0.2) is 4.98 Å². The second-order valence-electron chi connectivity index (χ2n) is 6.20. The van der Waals surface area contributed by atoms with Crippen LogP contribution in [0.2, 0.25) is 0 Å². The van der Waals surface area contributed by atoms with Crippen molar-refractivity contribution in [1.82, 2.24) is 14.9 Å². The molecule has 3 aromatic rings. The van der Waals surface area contributed by atoms with Crippen LogP contribution >= 0.6 is 12.4 Å². The molecule has 132 valence electrons. The van der Waals surface area contributed by atoms with Gasteiger partial charge in [-0.3, -0.25) is 14.2 Å². The maximum atomic E-state index is 12.6. The van der Waals surface area contributed by atoms with Crippen LogP contribution in [0.1, 0.15) is 12.8 Å². The number of rotatable bonds is 5. The Labute approximate surface area is 149 Å². The summed E-state index contributed by atoms with van der Waals surface area (Å²) in [5.41, 5.74) is 6.63. The summed E-state index contributed by atoms with van der Waals surface area (Å²) in [6, 6.07) is 7.32. The van der Waals surface area contributed by atoms with Crippen molar-refractivity contribution in [3.05, 3.63) is 40.9 Å². The molecular formula is C17H19ClN4O3. The van der Waals surface area contributed by atoms with Crippen molar-refractivity contribution in [2.45, 2.75) is 25.4 Å². The summed E-state index contributed by atoms with van der Waals surface area (Å²) >= 11 is 0. The largest absolute Gasteiger partial charge is 0.448 e. The highest BCUT2D eigenvalue weighted by molar-refractivity contribution is 6.01. The summed E-state index contributed by atoms with van der Waals surface area (Å²) in [4.78, 5) is 29.0. The molecule has 8 heteroatoms. The van der Waals surface area contributed by atoms with Gasteiger partial charge in [0.2, 0.25) is 11.5 Å². The molecule has 3 N–H and O–H groups in total. The second-order valence-corrected chi connectivity index (χ2v) is 6.20. The Hall–Kier alpha value is -2.38. The van der Waals surface area contributed by atoms with E-state index in [4.69, 9.17) is 10.2 Å². The number of nitrogens with two attached hydrogens (primary N) is 1. The lowest BCUT2D eigenvalue weighted by Crippen LogP contribution is -2.44. The summed E-state index contributed by atoms with van der Waals surface area (Å²) in [6.07, 6.45) is 3.57. The lowest BCUT2D eigenvalue weighted by atomic mass is 10.2. The topological polar surface area (TPSA) is 103 Å². The van der Waals surface area contributed by atoms with Gasteiger partial charge >= 0.3 is 0 Å². The SMILES string of the molecule is Cl.NCC(NC(=O)Cn1cnc2c(oc3ccccc32)c1=O)C1CC1. The van der Waals surface area contributed by atoms with Crippen molar-refractivity contribution in [3.63, 3.8) is 0 Å². The Kier molecular flexibility index (Phi) is 4.78. The number of aromatic nitrogens is 2. The molecule has 1 saturated carbocycles. The minimum atomic E-state index is -0.359. The standard InChI is InChI=1S/C17H18N4O3.ClH/c18-7-12(10-5-6-10)20-14(22)8-21-9-19-15-11-3-1-2-4-13(11)24-16(15)17(21)23;/h1-4,9-10,12H,5-8,18H2,(H,20,22);1H. The summed E-state index contributed by atoms with van der Waals surface area (Å²) in [5.74, 6) is 0.225. The Balaban J connectivity index is 0.00000182. The van der Waals surface area contributed by atoms with Gasteiger partial charge in [0.05, 0.1) is 6.33 Å². The average molecular weight is 363 g/mol. The van der Waals surface area contributed by atoms with E-state index in [0.29, 0.717) is 23.6 Å². The van der Waals surface area contributed by atoms with Gasteiger partial charge in [0, 0.05) is 18.0 Å². The van der Waals surface area contributed by atoms with Crippen molar-refractivity contribution in [2.75, 3.05) is 6.54 Å². The van der Waals surface area contributed by atoms with Gasteiger partial charge in [-0.2, -0.15) is 0 Å². The smallest absolute Gasteiger partial charge is 0.297 e. The quantitative estimate of drug-likeness (QED) is 0.714. The molecule has 1 aliphatic carbocycles. The molecule has 1 aliphatic rings. The number of carbonyl (C=O) groups excluding carboxylic acids is 1. The molecule has 1 aromatic carbocycles. The molecule has 2 heterocycles. The van der Waals surface area contributed by atoms with E-state index in [9.17, 15) is 9.59 Å². The van der Waals surface area contributed by atoms with E-state index in [1.165, 1.54) is 10.9 Å². The Morgan fingerprint density at radius 3 is 2.88 bits per heavy atom. The van der Waals surface area contributed by atoms with Crippen LogP contribution in [0.15, 0.2) is 39.8 Å². The molecular weight excluding hydrogens is 344 g/mol. The fourth-order valence-corrected chi connectivity index (χ4v) is 3.00. The van der Waals surface area contributed by atoms with Gasteiger partial charge in [-0.15, -0.1) is 12.4 Å². The third-order valence-electron chi connectivity index (χ3n) is 4.46. The zero-order valence-corrected chi connectivity index (χ0v) is 14.3. The van der Waals surface area contributed by atoms with Crippen molar-refractivity contribution in [2.24, 2.45) is 11.7 Å². The van der Waals surface area contributed by atoms with E-state index >= 15 is 0 Å². The number of benzene rings is 1. The van der Waals surface area contributed by atoms with Gasteiger partial charge in [0.25, 0.3) is 5.56 Å². The fourth-order valence-electron chi connectivity index (χ4n) is 3.00. The summed E-state index contributed by atoms with van der Waals surface area (Å²) < 4.78 is 6.87. The van der Waals surface area contributed by atoms with E-state index in [2.05, 4.69) is 10.3 Å². The van der Waals surface area contributed by atoms with E-state index in [1.807, 2.05) is 18.2 Å². The number of carbonyl (C=O) groups is 1. The average Bonchev–Trinajstić information content (AvgIpc) is 3.36. The van der Waals surface area contributed by atoms with Crippen LogP contribution in [0.3, 0.4) is 0 Å². The van der Waals surface area contributed by atoms with E-state index in [1.54, 1.807) is 6.07 Å². The maximum absolute atomic E-state index is 12.6. The van der Waals surface area contributed by atoms with Crippen LogP contribution in [0, 0.1) is 5.92 Å². The Morgan fingerprint density at radius 1 is 1.40 bits per heavy atom. The molecule has 0 bridgehead atoms. The number of halogens is 1. The molecule has 4 rings (SSSR count). The fraction of sp³-hybridized carbons (Fsp3) is 0.353. The molecule has 0 aliphatic heterocycles. The highest BCUT2D eigenvalue weighted by Crippen LogP contribution is 2.32. The molecule has 0 saturated heterocycles. The summed E-state index contributed by atoms with van der Waals surface area (Å²) in [7, 11) is 0. The van der Waals surface area contributed by atoms with E-state index in [0.717, 1.165) is 18.2 Å². The number of amides is 1. The normalized spacial score (nSPS) is 15.1. The molecule has 25 heavy (non-hydrogen) atoms. The third kappa shape index (κ3) is 3.25. The highest BCUT2D eigenvalue weighted by Gasteiger charge is 2.31. The molecule has 0 spiro atoms. The van der Waals surface area contributed by atoms with Gasteiger partial charge in [-0.05, 0) is 30.9 Å². The summed E-state index contributed by atoms with van der Waals surface area (Å²) in [5, 5.41) is 3.69. The minimum Gasteiger partial charge on any atom is -0.448 e. The van der Waals surface area contributed by atoms with Crippen LogP contribution < -0.4 is 16.6 Å². The van der Waals surface area contributed by atoms with Crippen molar-refractivity contribution >= 4 is 40.4 Å². The Bertz CT molecular complexity index is 977. The van der Waals surface area contributed by atoms with Crippen LogP contribution in [0.5, 0.6) is 0 Å². The zero-order valence-electron chi connectivity index (χ0n) is 13.5. The first-order chi connectivity index (χ1) is 11.7. The Morgan fingerprint density at radius 2 is 2.16 bits per heavy atom. The maximum Gasteiger partial charge on any atom is 0.297 e. The summed E-state index contributed by atoms with van der Waals surface area (Å²) in [6.45, 7) is 0.314. The minimum absolute atomic E-state index is 0. The van der Waals surface area contributed by atoms with E-state index in [-0.39, 0.29) is 42.0 Å². The molecule has 1 fully saturated rings. The van der Waals surface area contributed by atoms with Crippen LogP contribution in [0.25, 0.3) is 22.1 Å². The lowest BCUT2D eigenvalue weighted by molar-refractivity contribution is -0.122. The van der Waals surface area contributed by atoms with Gasteiger partial charge in [0.15, 0.2) is 0 Å². The number of hydrogen-bond acceptors (Lipinski definition) is 5. The number of fused-ring (bicyclic) bond motifs is 3. The molecule has 1 unspecified atom stereocenters. The first kappa shape index (κ1) is 17.4. The van der Waals surface area contributed by atoms with Crippen LogP contribution in [-0.2, 0) is 11.3 Å². The molecule has 7 nitrogen and oxygen atoms in total. The zero-order chi connectivity index (χ0) is 16.7. The van der Waals surface area contributed by atoms with Crippen LogP contribution in [0.4, 0.5) is 0 Å².